The van der Waals surface area contributed by atoms with Crippen molar-refractivity contribution >= 4 is 0 Å². The lowest BCUT2D eigenvalue weighted by Gasteiger charge is -2.33. The Morgan fingerprint density at radius 3 is 1.21 bits per heavy atom. The Balaban J connectivity index is 0.000000146. The summed E-state index contributed by atoms with van der Waals surface area (Å²) < 4.78 is 1.25. The van der Waals surface area contributed by atoms with Crippen LogP contribution in [0.25, 0.3) is 0 Å². The molecule has 1 saturated heterocycles. The Hall–Kier alpha value is -0.820. The summed E-state index contributed by atoms with van der Waals surface area (Å²) in [5.74, 6) is 0. The van der Waals surface area contributed by atoms with Crippen LogP contribution >= 0.6 is 0 Å². The summed E-state index contributed by atoms with van der Waals surface area (Å²) in [6.45, 7) is 2.78. The number of hydrogen-bond donors (Lipinski definition) is 0. The van der Waals surface area contributed by atoms with Crippen molar-refractivity contribution in [1.29, 1.82) is 0 Å². The molecule has 0 saturated carbocycles. The van der Waals surface area contributed by atoms with E-state index in [9.17, 15) is 0 Å². The summed E-state index contributed by atoms with van der Waals surface area (Å²) >= 11 is 0. The summed E-state index contributed by atoms with van der Waals surface area (Å²) in [6.07, 6.45) is 4.34. The lowest BCUT2D eigenvalue weighted by molar-refractivity contribution is -0.894. The number of piperidine rings is 1. The van der Waals surface area contributed by atoms with Gasteiger partial charge in [0.25, 0.3) is 0 Å². The van der Waals surface area contributed by atoms with Gasteiger partial charge in [0.2, 0.25) is 0 Å². The molecule has 78 valence electrons. The summed E-state index contributed by atoms with van der Waals surface area (Å²) in [5, 5.41) is 0. The molecule has 0 spiro atoms. The van der Waals surface area contributed by atoms with E-state index in [0.717, 1.165) is 0 Å². The first-order chi connectivity index (χ1) is 6.71. The van der Waals surface area contributed by atoms with Crippen molar-refractivity contribution in [3.63, 3.8) is 0 Å². The minimum atomic E-state index is 1.25. The van der Waals surface area contributed by atoms with Gasteiger partial charge < -0.3 is 4.48 Å². The van der Waals surface area contributed by atoms with Crippen molar-refractivity contribution in [2.24, 2.45) is 0 Å². The zero-order valence-corrected chi connectivity index (χ0v) is 9.45. The average molecular weight is 192 g/mol. The maximum atomic E-state index is 2.32. The molecule has 1 aromatic rings. The smallest absolute Gasteiger partial charge is 0.0782 e. The maximum Gasteiger partial charge on any atom is 0.0782 e. The topological polar surface area (TPSA) is 0 Å². The lowest BCUT2D eigenvalue weighted by Crippen LogP contribution is -2.43. The van der Waals surface area contributed by atoms with Gasteiger partial charge in [-0.15, -0.1) is 0 Å². The third kappa shape index (κ3) is 5.03. The van der Waals surface area contributed by atoms with E-state index in [1.165, 1.54) is 36.8 Å². The van der Waals surface area contributed by atoms with Gasteiger partial charge in [0.05, 0.1) is 27.2 Å². The van der Waals surface area contributed by atoms with Crippen molar-refractivity contribution < 1.29 is 4.48 Å². The van der Waals surface area contributed by atoms with Crippen molar-refractivity contribution in [1.82, 2.24) is 0 Å². The van der Waals surface area contributed by atoms with Gasteiger partial charge in [-0.1, -0.05) is 36.4 Å². The Morgan fingerprint density at radius 1 is 0.643 bits per heavy atom. The first kappa shape index (κ1) is 11.3. The van der Waals surface area contributed by atoms with Crippen LogP contribution in [0.5, 0.6) is 0 Å². The van der Waals surface area contributed by atoms with E-state index in [0.29, 0.717) is 0 Å². The van der Waals surface area contributed by atoms with Gasteiger partial charge in [-0.2, -0.15) is 0 Å². The number of quaternary nitrogens is 1. The lowest BCUT2D eigenvalue weighted by atomic mass is 10.1. The minimum absolute atomic E-state index is 1.25. The molecule has 0 bridgehead atoms. The maximum absolute atomic E-state index is 2.32. The van der Waals surface area contributed by atoms with E-state index in [-0.39, 0.29) is 0 Å². The molecule has 1 fully saturated rings. The predicted octanol–water partition coefficient (Wildman–Crippen LogP) is 2.93. The van der Waals surface area contributed by atoms with Crippen LogP contribution in [0, 0.1) is 0 Å². The molecule has 0 aromatic heterocycles. The molecule has 1 nitrogen and oxygen atoms in total. The first-order valence-corrected chi connectivity index (χ1v) is 5.53. The van der Waals surface area contributed by atoms with Crippen LogP contribution < -0.4 is 0 Å². The highest BCUT2D eigenvalue weighted by Crippen LogP contribution is 2.12. The van der Waals surface area contributed by atoms with Crippen LogP contribution in [0.3, 0.4) is 0 Å². The van der Waals surface area contributed by atoms with E-state index in [2.05, 4.69) is 14.1 Å². The third-order valence-electron chi connectivity index (χ3n) is 2.69. The molecule has 1 aliphatic heterocycles. The highest BCUT2D eigenvalue weighted by atomic mass is 15.3. The van der Waals surface area contributed by atoms with Crippen molar-refractivity contribution in [2.75, 3.05) is 27.2 Å². The summed E-state index contributed by atoms with van der Waals surface area (Å²) in [6, 6.07) is 12.0. The normalized spacial score (nSPS) is 19.3. The number of benzene rings is 1. The van der Waals surface area contributed by atoms with Gasteiger partial charge >= 0.3 is 0 Å². The molecule has 14 heavy (non-hydrogen) atoms. The van der Waals surface area contributed by atoms with E-state index in [1.807, 2.05) is 36.4 Å². The summed E-state index contributed by atoms with van der Waals surface area (Å²) in [7, 11) is 4.64. The SMILES string of the molecule is C[N+]1(C)CCCCC1.c1ccccc1. The number of nitrogens with zero attached hydrogens (tertiary/aromatic N) is 1. The van der Waals surface area contributed by atoms with Crippen LogP contribution in [-0.2, 0) is 0 Å². The van der Waals surface area contributed by atoms with Crippen LogP contribution in [0.4, 0.5) is 0 Å². The van der Waals surface area contributed by atoms with Gasteiger partial charge in [-0.3, -0.25) is 0 Å². The Morgan fingerprint density at radius 2 is 1.00 bits per heavy atom. The Labute approximate surface area is 88.0 Å². The molecular weight excluding hydrogens is 170 g/mol. The van der Waals surface area contributed by atoms with E-state index < -0.39 is 0 Å². The van der Waals surface area contributed by atoms with Gasteiger partial charge in [0.1, 0.15) is 0 Å². The Bertz CT molecular complexity index is 194. The molecule has 0 aliphatic carbocycles. The van der Waals surface area contributed by atoms with Gasteiger partial charge in [0.15, 0.2) is 0 Å². The monoisotopic (exact) mass is 192 g/mol. The number of likely N-dealkylation sites (tertiary alicyclic amines) is 1. The van der Waals surface area contributed by atoms with Gasteiger partial charge in [-0.25, -0.2) is 0 Å². The molecular formula is C13H22N+. The Kier molecular flexibility index (Phi) is 4.68. The molecule has 0 N–H and O–H groups in total. The van der Waals surface area contributed by atoms with Gasteiger partial charge in [0, 0.05) is 0 Å². The first-order valence-electron chi connectivity index (χ1n) is 5.53. The molecule has 1 aliphatic rings. The zero-order valence-electron chi connectivity index (χ0n) is 9.45. The second-order valence-electron chi connectivity index (χ2n) is 4.60. The number of hydrogen-bond acceptors (Lipinski definition) is 0. The van der Waals surface area contributed by atoms with Gasteiger partial charge in [-0.05, 0) is 19.3 Å². The van der Waals surface area contributed by atoms with E-state index >= 15 is 0 Å². The largest absolute Gasteiger partial charge is 0.328 e. The van der Waals surface area contributed by atoms with Crippen LogP contribution in [0.1, 0.15) is 19.3 Å². The highest BCUT2D eigenvalue weighted by molar-refractivity contribution is 4.99. The predicted molar refractivity (Wildman–Crippen MR) is 62.1 cm³/mol. The second-order valence-corrected chi connectivity index (χ2v) is 4.60. The fourth-order valence-corrected chi connectivity index (χ4v) is 1.75. The van der Waals surface area contributed by atoms with Crippen LogP contribution in [0.15, 0.2) is 36.4 Å². The van der Waals surface area contributed by atoms with E-state index in [4.69, 9.17) is 0 Å². The van der Waals surface area contributed by atoms with Crippen molar-refractivity contribution in [3.05, 3.63) is 36.4 Å². The fourth-order valence-electron chi connectivity index (χ4n) is 1.75. The molecule has 1 heterocycles. The average Bonchev–Trinajstić information content (AvgIpc) is 2.21. The molecule has 0 atom stereocenters. The number of rotatable bonds is 0. The zero-order chi connectivity index (χ0) is 10.3. The molecule has 0 unspecified atom stereocenters. The third-order valence-corrected chi connectivity index (χ3v) is 2.69. The highest BCUT2D eigenvalue weighted by Gasteiger charge is 2.17. The fraction of sp³-hybridized carbons (Fsp3) is 0.538. The molecule has 0 amide bonds. The van der Waals surface area contributed by atoms with Crippen molar-refractivity contribution in [3.8, 4) is 0 Å². The minimum Gasteiger partial charge on any atom is -0.328 e. The standard InChI is InChI=1S/C7H16N.C6H6/c1-8(2)6-4-3-5-7-8;1-2-4-6-5-3-1/h3-7H2,1-2H3;1-6H/q+1;. The molecule has 0 radical (unpaired) electrons. The second kappa shape index (κ2) is 5.82. The molecule has 1 heteroatoms. The molecule has 2 rings (SSSR count). The van der Waals surface area contributed by atoms with Crippen molar-refractivity contribution in [2.45, 2.75) is 19.3 Å². The quantitative estimate of drug-likeness (QED) is 0.554. The van der Waals surface area contributed by atoms with Crippen LogP contribution in [0.2, 0.25) is 0 Å². The van der Waals surface area contributed by atoms with Crippen LogP contribution in [-0.4, -0.2) is 31.7 Å². The van der Waals surface area contributed by atoms with E-state index in [1.54, 1.807) is 0 Å². The molecule has 1 aromatic carbocycles. The summed E-state index contributed by atoms with van der Waals surface area (Å²) in [5.41, 5.74) is 0. The summed E-state index contributed by atoms with van der Waals surface area (Å²) in [4.78, 5) is 0.